The second-order valence-electron chi connectivity index (χ2n) is 17.3. The summed E-state index contributed by atoms with van der Waals surface area (Å²) >= 11 is 0. The first-order chi connectivity index (χ1) is 29.9. The van der Waals surface area contributed by atoms with Gasteiger partial charge in [0.2, 0.25) is 0 Å². The van der Waals surface area contributed by atoms with Crippen LogP contribution in [0.5, 0.6) is 0 Å². The molecule has 368 valence electrons. The van der Waals surface area contributed by atoms with E-state index in [-0.39, 0.29) is 31.0 Å². The average molecular weight is 941 g/mol. The first-order valence-electron chi connectivity index (χ1n) is 23.5. The van der Waals surface area contributed by atoms with Gasteiger partial charge in [-0.25, -0.2) is 9.13 Å². The van der Waals surface area contributed by atoms with E-state index in [0.29, 0.717) is 32.1 Å². The summed E-state index contributed by atoms with van der Waals surface area (Å²) in [4.78, 5) is 65.5. The van der Waals surface area contributed by atoms with Crippen LogP contribution < -0.4 is 0 Å². The van der Waals surface area contributed by atoms with E-state index >= 15 is 0 Å². The fraction of sp³-hybridized carbons (Fsp3) is 0.844. The van der Waals surface area contributed by atoms with Crippen molar-refractivity contribution in [1.82, 2.24) is 0 Å². The third-order valence-electron chi connectivity index (χ3n) is 10.9. The highest BCUT2D eigenvalue weighted by molar-refractivity contribution is 7.47. The Morgan fingerprint density at radius 2 is 1.27 bits per heavy atom. The zero-order valence-electron chi connectivity index (χ0n) is 38.3. The summed E-state index contributed by atoms with van der Waals surface area (Å²) in [6, 6.07) is 0. The SMILES string of the molecule is CCCCC[C@H](O)/C=C/[C@H]1[C@H](O)CC(=O)[C@@H]1C/C=C\CCCC(=O)OC[C@H](COP(=O)(O)OC[C@@H](O)COP(=O)(O)O)OC(=O)CCCCCCCCCCCCCCCC(C)C. The number of Topliss-reactive ketones (excluding diaryl/α,β-unsaturated/α-hetero) is 1. The van der Waals surface area contributed by atoms with Crippen molar-refractivity contribution in [1.29, 1.82) is 0 Å². The Bertz CT molecular complexity index is 1380. The number of allylic oxidation sites excluding steroid dienone is 2. The van der Waals surface area contributed by atoms with Crippen LogP contribution in [0.3, 0.4) is 0 Å². The molecule has 0 aromatic rings. The molecule has 6 N–H and O–H groups in total. The standard InChI is InChI=1S/C45H82O16P2/c1-4-5-19-25-37(46)29-30-41-40(42(48)31-43(41)49)26-21-17-18-22-27-44(50)57-34-39(35-60-63(55,56)59-33-38(47)32-58-62(52,53)54)61-45(51)28-23-16-14-12-10-8-6-7-9-11-13-15-20-24-36(2)3/h17,21,29-30,36-41,43,46-47,49H,4-16,18-20,22-28,31-35H2,1-3H3,(H,55,56)(H2,52,53,54)/b21-17-,30-29+/t37-,38-,39+,40+,41+,43+/m0/s1. The molecule has 0 aliphatic heterocycles. The van der Waals surface area contributed by atoms with Gasteiger partial charge in [0.05, 0.1) is 32.0 Å². The molecule has 0 radical (unpaired) electrons. The molecule has 63 heavy (non-hydrogen) atoms. The van der Waals surface area contributed by atoms with Gasteiger partial charge in [0.15, 0.2) is 6.10 Å². The number of unbranched alkanes of at least 4 members (excludes halogenated alkanes) is 15. The molecule has 0 amide bonds. The van der Waals surface area contributed by atoms with Gasteiger partial charge in [0, 0.05) is 31.1 Å². The second kappa shape index (κ2) is 35.4. The first-order valence-corrected chi connectivity index (χ1v) is 26.5. The minimum Gasteiger partial charge on any atom is -0.462 e. The summed E-state index contributed by atoms with van der Waals surface area (Å²) in [5, 5.41) is 30.5. The molecule has 1 aliphatic rings. The third-order valence-corrected chi connectivity index (χ3v) is 12.3. The predicted octanol–water partition coefficient (Wildman–Crippen LogP) is 8.73. The molecule has 0 bridgehead atoms. The average Bonchev–Trinajstić information content (AvgIpc) is 3.49. The summed E-state index contributed by atoms with van der Waals surface area (Å²) in [6.45, 7) is 3.68. The van der Waals surface area contributed by atoms with Crippen molar-refractivity contribution >= 4 is 33.4 Å². The maximum absolute atomic E-state index is 12.7. The molecule has 1 saturated carbocycles. The second-order valence-corrected chi connectivity index (χ2v) is 20.0. The van der Waals surface area contributed by atoms with E-state index in [4.69, 9.17) is 23.8 Å². The fourth-order valence-electron chi connectivity index (χ4n) is 7.22. The maximum atomic E-state index is 12.7. The predicted molar refractivity (Wildman–Crippen MR) is 240 cm³/mol. The van der Waals surface area contributed by atoms with Crippen LogP contribution >= 0.6 is 15.6 Å². The number of phosphoric acid groups is 2. The molecular weight excluding hydrogens is 858 g/mol. The molecule has 16 nitrogen and oxygen atoms in total. The van der Waals surface area contributed by atoms with E-state index in [1.807, 2.05) is 12.2 Å². The quantitative estimate of drug-likeness (QED) is 0.0145. The largest absolute Gasteiger partial charge is 0.472 e. The van der Waals surface area contributed by atoms with E-state index in [1.165, 1.54) is 57.8 Å². The van der Waals surface area contributed by atoms with Crippen molar-refractivity contribution in [3.8, 4) is 0 Å². The van der Waals surface area contributed by atoms with Crippen LogP contribution in [0.4, 0.5) is 0 Å². The summed E-state index contributed by atoms with van der Waals surface area (Å²) in [5.41, 5.74) is 0. The molecule has 0 spiro atoms. The lowest BCUT2D eigenvalue weighted by atomic mass is 9.90. The minimum absolute atomic E-state index is 0.00294. The van der Waals surface area contributed by atoms with Gasteiger partial charge in [0.25, 0.3) is 0 Å². The van der Waals surface area contributed by atoms with Crippen LogP contribution in [-0.2, 0) is 46.6 Å². The Morgan fingerprint density at radius 3 is 1.87 bits per heavy atom. The zero-order valence-corrected chi connectivity index (χ0v) is 40.1. The van der Waals surface area contributed by atoms with Crippen molar-refractivity contribution in [2.45, 2.75) is 199 Å². The number of carbonyl (C=O) groups excluding carboxylic acids is 3. The highest BCUT2D eigenvalue weighted by atomic mass is 31.2. The van der Waals surface area contributed by atoms with Crippen molar-refractivity contribution in [2.75, 3.05) is 26.4 Å². The molecule has 0 aromatic heterocycles. The summed E-state index contributed by atoms with van der Waals surface area (Å²) in [5.74, 6) is -1.27. The Kier molecular flexibility index (Phi) is 33.3. The molecule has 18 heteroatoms. The minimum atomic E-state index is -4.90. The van der Waals surface area contributed by atoms with Crippen molar-refractivity contribution in [3.05, 3.63) is 24.3 Å². The highest BCUT2D eigenvalue weighted by Gasteiger charge is 2.39. The van der Waals surface area contributed by atoms with Crippen molar-refractivity contribution < 1.29 is 76.6 Å². The van der Waals surface area contributed by atoms with Gasteiger partial charge in [-0.1, -0.05) is 148 Å². The molecule has 1 aliphatic carbocycles. The first kappa shape index (κ1) is 59.2. The number of hydrogen-bond acceptors (Lipinski definition) is 13. The van der Waals surface area contributed by atoms with E-state index in [1.54, 1.807) is 12.2 Å². The molecule has 0 aromatic carbocycles. The van der Waals surface area contributed by atoms with Crippen LogP contribution in [0.1, 0.15) is 175 Å². The molecule has 1 unspecified atom stereocenters. The van der Waals surface area contributed by atoms with E-state index in [9.17, 15) is 43.7 Å². The monoisotopic (exact) mass is 941 g/mol. The molecule has 0 saturated heterocycles. The van der Waals surface area contributed by atoms with Gasteiger partial charge in [-0.15, -0.1) is 0 Å². The van der Waals surface area contributed by atoms with Crippen LogP contribution in [0.25, 0.3) is 0 Å². The van der Waals surface area contributed by atoms with Crippen molar-refractivity contribution in [3.63, 3.8) is 0 Å². The smallest absolute Gasteiger partial charge is 0.462 e. The van der Waals surface area contributed by atoms with E-state index in [0.717, 1.165) is 50.9 Å². The molecule has 1 rings (SSSR count). The number of phosphoric ester groups is 2. The summed E-state index contributed by atoms with van der Waals surface area (Å²) in [6.07, 6.45) is 24.0. The third kappa shape index (κ3) is 33.3. The number of aliphatic hydroxyl groups is 3. The molecule has 0 heterocycles. The number of hydrogen-bond donors (Lipinski definition) is 6. The lowest BCUT2D eigenvalue weighted by molar-refractivity contribution is -0.161. The Morgan fingerprint density at radius 1 is 0.714 bits per heavy atom. The van der Waals surface area contributed by atoms with E-state index in [2.05, 4.69) is 29.8 Å². The lowest BCUT2D eigenvalue weighted by Gasteiger charge is -2.20. The van der Waals surface area contributed by atoms with Crippen LogP contribution in [0.15, 0.2) is 24.3 Å². The van der Waals surface area contributed by atoms with Crippen LogP contribution in [0, 0.1) is 17.8 Å². The fourth-order valence-corrected chi connectivity index (χ4v) is 8.38. The number of aliphatic hydroxyl groups excluding tert-OH is 3. The Balaban J connectivity index is 2.53. The van der Waals surface area contributed by atoms with Crippen LogP contribution in [0.2, 0.25) is 0 Å². The zero-order chi connectivity index (χ0) is 46.9. The maximum Gasteiger partial charge on any atom is 0.472 e. The van der Waals surface area contributed by atoms with E-state index < -0.39 is 84.3 Å². The highest BCUT2D eigenvalue weighted by Crippen LogP contribution is 2.44. The Hall–Kier alpha value is -1.81. The number of esters is 2. The molecular formula is C45H82O16P2. The normalized spacial score (nSPS) is 19.5. The number of rotatable bonds is 40. The van der Waals surface area contributed by atoms with Gasteiger partial charge in [0.1, 0.15) is 18.5 Å². The van der Waals surface area contributed by atoms with Crippen LogP contribution in [-0.4, -0.2) is 98.6 Å². The van der Waals surface area contributed by atoms with Gasteiger partial charge in [-0.3, -0.25) is 28.0 Å². The van der Waals surface area contributed by atoms with Crippen molar-refractivity contribution in [2.24, 2.45) is 17.8 Å². The van der Waals surface area contributed by atoms with Gasteiger partial charge in [-0.05, 0) is 38.0 Å². The summed E-state index contributed by atoms with van der Waals surface area (Å²) in [7, 11) is -9.77. The van der Waals surface area contributed by atoms with Gasteiger partial charge in [-0.2, -0.15) is 0 Å². The molecule has 7 atom stereocenters. The molecule has 1 fully saturated rings. The number of ketones is 1. The number of carbonyl (C=O) groups is 3. The lowest BCUT2D eigenvalue weighted by Crippen LogP contribution is -2.30. The van der Waals surface area contributed by atoms with Gasteiger partial charge < -0.3 is 39.5 Å². The Labute approximate surface area is 376 Å². The topological polar surface area (TPSA) is 253 Å². The summed E-state index contributed by atoms with van der Waals surface area (Å²) < 4.78 is 47.8. The number of ether oxygens (including phenoxy) is 2. The van der Waals surface area contributed by atoms with Gasteiger partial charge >= 0.3 is 27.6 Å².